The molecule has 1 N–H and O–H groups in total. The van der Waals surface area contributed by atoms with Gasteiger partial charge < -0.3 is 9.15 Å². The number of amides is 2. The van der Waals surface area contributed by atoms with Crippen LogP contribution in [0.1, 0.15) is 27.2 Å². The van der Waals surface area contributed by atoms with Gasteiger partial charge in [-0.05, 0) is 74.1 Å². The zero-order chi connectivity index (χ0) is 25.3. The van der Waals surface area contributed by atoms with Crippen molar-refractivity contribution in [1.82, 2.24) is 10.4 Å². The number of carbonyl (C=O) groups excluding carboxylic acids is 2. The van der Waals surface area contributed by atoms with Crippen molar-refractivity contribution in [1.29, 1.82) is 0 Å². The number of methoxy groups -OCH3 is 1. The number of benzene rings is 2. The van der Waals surface area contributed by atoms with E-state index in [1.54, 1.807) is 56.3 Å². The highest BCUT2D eigenvalue weighted by molar-refractivity contribution is 8.26. The molecule has 9 nitrogen and oxygen atoms in total. The van der Waals surface area contributed by atoms with E-state index in [1.165, 1.54) is 19.3 Å². The van der Waals surface area contributed by atoms with Crippen LogP contribution in [0.5, 0.6) is 5.75 Å². The molecule has 0 saturated carbocycles. The number of aryl methyl sites for hydroxylation is 1. The second-order valence-corrected chi connectivity index (χ2v) is 9.26. The number of rotatable bonds is 6. The summed E-state index contributed by atoms with van der Waals surface area (Å²) in [6.45, 7) is 3.49. The number of hydrogen-bond acceptors (Lipinski definition) is 8. The zero-order valence-corrected chi connectivity index (χ0v) is 20.5. The molecular formula is C24H19N3O6S2. The van der Waals surface area contributed by atoms with E-state index in [-0.39, 0.29) is 14.9 Å². The number of nitrogens with zero attached hydrogens (tertiary/aromatic N) is 2. The third kappa shape index (κ3) is 4.96. The first kappa shape index (κ1) is 24.2. The molecule has 1 fully saturated rings. The lowest BCUT2D eigenvalue weighted by molar-refractivity contribution is -0.385. The van der Waals surface area contributed by atoms with E-state index in [2.05, 4.69) is 5.43 Å². The second-order valence-electron chi connectivity index (χ2n) is 7.58. The highest BCUT2D eigenvalue weighted by Gasteiger charge is 2.34. The molecule has 0 bridgehead atoms. The predicted molar refractivity (Wildman–Crippen MR) is 136 cm³/mol. The van der Waals surface area contributed by atoms with Crippen LogP contribution in [0, 0.1) is 24.0 Å². The molecule has 4 rings (SSSR count). The maximum absolute atomic E-state index is 12.9. The molecular weight excluding hydrogens is 490 g/mol. The molecule has 35 heavy (non-hydrogen) atoms. The molecule has 178 valence electrons. The van der Waals surface area contributed by atoms with Crippen LogP contribution in [0.25, 0.3) is 17.4 Å². The Morgan fingerprint density at radius 2 is 1.91 bits per heavy atom. The van der Waals surface area contributed by atoms with Crippen LogP contribution in [0.15, 0.2) is 57.9 Å². The minimum atomic E-state index is -0.498. The molecule has 1 aliphatic heterocycles. The number of thiocarbonyl (C=S) groups is 1. The van der Waals surface area contributed by atoms with E-state index >= 15 is 0 Å². The lowest BCUT2D eigenvalue weighted by atomic mass is 10.0. The van der Waals surface area contributed by atoms with Crippen LogP contribution in [-0.2, 0) is 4.79 Å². The number of carbonyl (C=O) groups is 2. The first-order chi connectivity index (χ1) is 16.7. The third-order valence-electron chi connectivity index (χ3n) is 5.38. The van der Waals surface area contributed by atoms with Gasteiger partial charge in [-0.15, -0.1) is 0 Å². The maximum Gasteiger partial charge on any atom is 0.285 e. The summed E-state index contributed by atoms with van der Waals surface area (Å²) >= 11 is 6.28. The van der Waals surface area contributed by atoms with E-state index in [9.17, 15) is 19.7 Å². The van der Waals surface area contributed by atoms with Crippen LogP contribution >= 0.6 is 24.0 Å². The fourth-order valence-electron chi connectivity index (χ4n) is 3.36. The van der Waals surface area contributed by atoms with E-state index in [0.717, 1.165) is 22.3 Å². The van der Waals surface area contributed by atoms with E-state index in [0.29, 0.717) is 34.0 Å². The topological polar surface area (TPSA) is 115 Å². The summed E-state index contributed by atoms with van der Waals surface area (Å²) in [7, 11) is 1.52. The number of nitro benzene ring substituents is 1. The van der Waals surface area contributed by atoms with Gasteiger partial charge in [0, 0.05) is 28.8 Å². The summed E-state index contributed by atoms with van der Waals surface area (Å²) in [6, 6.07) is 13.0. The van der Waals surface area contributed by atoms with Crippen molar-refractivity contribution in [3.8, 4) is 17.1 Å². The largest absolute Gasteiger partial charge is 0.497 e. The Morgan fingerprint density at radius 1 is 1.20 bits per heavy atom. The average Bonchev–Trinajstić information content (AvgIpc) is 3.40. The highest BCUT2D eigenvalue weighted by Crippen LogP contribution is 2.34. The molecule has 3 aromatic rings. The van der Waals surface area contributed by atoms with Crippen LogP contribution in [-0.4, -0.2) is 33.2 Å². The minimum absolute atomic E-state index is 0.00595. The standard InChI is InChI=1S/C24H19N3O6S2/c1-13-10-16(11-19(14(13)2)27(30)31)20-9-8-18(33-20)12-21-23(29)26(24(34)35-21)25-22(28)15-4-6-17(32-3)7-5-15/h4-12H,1-3H3,(H,25,28)/b21-12+. The number of ether oxygens (including phenoxy) is 1. The normalized spacial score (nSPS) is 14.5. The Labute approximate surface area is 209 Å². The summed E-state index contributed by atoms with van der Waals surface area (Å²) in [5.41, 5.74) is 4.76. The third-order valence-corrected chi connectivity index (χ3v) is 6.68. The molecule has 0 atom stereocenters. The molecule has 0 spiro atoms. The van der Waals surface area contributed by atoms with Crippen molar-refractivity contribution < 1.29 is 23.7 Å². The second kappa shape index (κ2) is 9.72. The van der Waals surface area contributed by atoms with Gasteiger partial charge in [0.25, 0.3) is 17.5 Å². The van der Waals surface area contributed by atoms with Crippen molar-refractivity contribution >= 4 is 51.9 Å². The Balaban J connectivity index is 1.52. The number of hydrazine groups is 1. The minimum Gasteiger partial charge on any atom is -0.497 e. The number of thioether (sulfide) groups is 1. The lowest BCUT2D eigenvalue weighted by Crippen LogP contribution is -2.44. The van der Waals surface area contributed by atoms with Gasteiger partial charge in [0.1, 0.15) is 17.3 Å². The zero-order valence-electron chi connectivity index (χ0n) is 18.9. The number of furan rings is 1. The van der Waals surface area contributed by atoms with Crippen molar-refractivity contribution in [3.05, 3.63) is 86.0 Å². The van der Waals surface area contributed by atoms with E-state index < -0.39 is 16.7 Å². The Morgan fingerprint density at radius 3 is 2.57 bits per heavy atom. The first-order valence-corrected chi connectivity index (χ1v) is 11.5. The molecule has 1 aromatic heterocycles. The molecule has 2 aromatic carbocycles. The van der Waals surface area contributed by atoms with Gasteiger partial charge in [0.15, 0.2) is 4.32 Å². The summed E-state index contributed by atoms with van der Waals surface area (Å²) in [5, 5.41) is 12.4. The summed E-state index contributed by atoms with van der Waals surface area (Å²) in [4.78, 5) is 36.6. The molecule has 0 aliphatic carbocycles. The number of hydrogen-bond donors (Lipinski definition) is 1. The maximum atomic E-state index is 12.9. The predicted octanol–water partition coefficient (Wildman–Crippen LogP) is 5.03. The van der Waals surface area contributed by atoms with Gasteiger partial charge in [0.05, 0.1) is 16.9 Å². The Kier molecular flexibility index (Phi) is 6.72. The van der Waals surface area contributed by atoms with Crippen molar-refractivity contribution in [3.63, 3.8) is 0 Å². The van der Waals surface area contributed by atoms with Gasteiger partial charge in [0.2, 0.25) is 0 Å². The molecule has 1 saturated heterocycles. The van der Waals surface area contributed by atoms with Crippen LogP contribution in [0.2, 0.25) is 0 Å². The van der Waals surface area contributed by atoms with E-state index in [1.807, 2.05) is 0 Å². The van der Waals surface area contributed by atoms with Crippen molar-refractivity contribution in [2.75, 3.05) is 7.11 Å². The number of nitrogens with one attached hydrogen (secondary N) is 1. The van der Waals surface area contributed by atoms with Crippen molar-refractivity contribution in [2.45, 2.75) is 13.8 Å². The molecule has 2 heterocycles. The molecule has 2 amide bonds. The van der Waals surface area contributed by atoms with Gasteiger partial charge in [-0.25, -0.2) is 0 Å². The fourth-order valence-corrected chi connectivity index (χ4v) is 4.52. The number of nitro groups is 1. The Bertz CT molecular complexity index is 1390. The fraction of sp³-hybridized carbons (Fsp3) is 0.125. The Hall–Kier alpha value is -3.96. The van der Waals surface area contributed by atoms with Crippen molar-refractivity contribution in [2.24, 2.45) is 0 Å². The van der Waals surface area contributed by atoms with Crippen LogP contribution in [0.4, 0.5) is 5.69 Å². The van der Waals surface area contributed by atoms with E-state index in [4.69, 9.17) is 21.4 Å². The lowest BCUT2D eigenvalue weighted by Gasteiger charge is -2.15. The average molecular weight is 510 g/mol. The summed E-state index contributed by atoms with van der Waals surface area (Å²) in [5.74, 6) is 0.389. The van der Waals surface area contributed by atoms with Gasteiger partial charge in [-0.1, -0.05) is 11.8 Å². The summed E-state index contributed by atoms with van der Waals surface area (Å²) < 4.78 is 11.1. The first-order valence-electron chi connectivity index (χ1n) is 10.3. The van der Waals surface area contributed by atoms with Gasteiger partial charge in [-0.3, -0.25) is 25.1 Å². The van der Waals surface area contributed by atoms with Crippen LogP contribution in [0.3, 0.4) is 0 Å². The molecule has 0 radical (unpaired) electrons. The highest BCUT2D eigenvalue weighted by atomic mass is 32.2. The SMILES string of the molecule is COc1ccc(C(=O)NN2C(=O)/C(=C\c3ccc(-c4cc(C)c(C)c([N+](=O)[O-])c4)o3)SC2=S)cc1. The summed E-state index contributed by atoms with van der Waals surface area (Å²) in [6.07, 6.45) is 1.51. The molecule has 0 unspecified atom stereocenters. The quantitative estimate of drug-likeness (QED) is 0.213. The smallest absolute Gasteiger partial charge is 0.285 e. The van der Waals surface area contributed by atoms with Crippen LogP contribution < -0.4 is 10.2 Å². The monoisotopic (exact) mass is 509 g/mol. The molecule has 1 aliphatic rings. The van der Waals surface area contributed by atoms with Gasteiger partial charge >= 0.3 is 0 Å². The molecule has 11 heteroatoms. The van der Waals surface area contributed by atoms with Gasteiger partial charge in [-0.2, -0.15) is 5.01 Å².